The van der Waals surface area contributed by atoms with Gasteiger partial charge in [-0.3, -0.25) is 4.79 Å². The van der Waals surface area contributed by atoms with E-state index in [2.05, 4.69) is 20.1 Å². The van der Waals surface area contributed by atoms with E-state index in [1.807, 2.05) is 17.0 Å². The highest BCUT2D eigenvalue weighted by Crippen LogP contribution is 2.20. The van der Waals surface area contributed by atoms with Crippen molar-refractivity contribution >= 4 is 17.4 Å². The molecule has 3 heterocycles. The number of anilines is 2. The maximum absolute atomic E-state index is 12.3. The lowest BCUT2D eigenvalue weighted by Crippen LogP contribution is -2.49. The van der Waals surface area contributed by atoms with Gasteiger partial charge >= 0.3 is 0 Å². The van der Waals surface area contributed by atoms with Crippen LogP contribution >= 0.6 is 0 Å². The zero-order valence-corrected chi connectivity index (χ0v) is 11.5. The Kier molecular flexibility index (Phi) is 3.63. The Morgan fingerprint density at radius 1 is 1.10 bits per heavy atom. The van der Waals surface area contributed by atoms with Crippen molar-refractivity contribution in [2.75, 3.05) is 36.8 Å². The average Bonchev–Trinajstić information content (AvgIpc) is 2.56. The van der Waals surface area contributed by atoms with E-state index < -0.39 is 0 Å². The van der Waals surface area contributed by atoms with Crippen LogP contribution in [0.2, 0.25) is 0 Å². The van der Waals surface area contributed by atoms with Crippen molar-refractivity contribution in [3.8, 4) is 0 Å². The van der Waals surface area contributed by atoms with E-state index in [0.717, 1.165) is 5.82 Å². The van der Waals surface area contributed by atoms with Crippen LogP contribution < -0.4 is 10.6 Å². The number of hydrogen-bond acceptors (Lipinski definition) is 6. The molecule has 0 saturated carbocycles. The highest BCUT2D eigenvalue weighted by Gasteiger charge is 2.23. The molecule has 7 heteroatoms. The van der Waals surface area contributed by atoms with Gasteiger partial charge in [0.25, 0.3) is 5.91 Å². The molecular formula is C14H16N6O. The molecule has 0 aromatic carbocycles. The third-order valence-electron chi connectivity index (χ3n) is 3.51. The molecule has 3 rings (SSSR count). The van der Waals surface area contributed by atoms with Crippen LogP contribution in [0.5, 0.6) is 0 Å². The lowest BCUT2D eigenvalue weighted by atomic mass is 10.2. The first kappa shape index (κ1) is 13.3. The summed E-state index contributed by atoms with van der Waals surface area (Å²) in [5.74, 6) is 0.772. The summed E-state index contributed by atoms with van der Waals surface area (Å²) in [6.45, 7) is 2.70. The summed E-state index contributed by atoms with van der Waals surface area (Å²) in [4.78, 5) is 20.5. The normalized spacial score (nSPS) is 15.0. The van der Waals surface area contributed by atoms with Gasteiger partial charge in [-0.05, 0) is 18.2 Å². The number of nitrogens with two attached hydrogens (primary N) is 1. The molecule has 1 saturated heterocycles. The first-order valence-corrected chi connectivity index (χ1v) is 6.77. The van der Waals surface area contributed by atoms with Crippen LogP contribution in [0.1, 0.15) is 10.4 Å². The number of rotatable bonds is 2. The van der Waals surface area contributed by atoms with Crippen LogP contribution in [0.4, 0.5) is 11.5 Å². The molecule has 1 aliphatic rings. The zero-order chi connectivity index (χ0) is 14.7. The predicted molar refractivity (Wildman–Crippen MR) is 78.8 cm³/mol. The van der Waals surface area contributed by atoms with E-state index in [4.69, 9.17) is 5.73 Å². The molecule has 1 amide bonds. The molecule has 1 aliphatic heterocycles. The Morgan fingerprint density at radius 2 is 1.90 bits per heavy atom. The zero-order valence-electron chi connectivity index (χ0n) is 11.5. The number of carbonyl (C=O) groups is 1. The van der Waals surface area contributed by atoms with Crippen molar-refractivity contribution in [3.63, 3.8) is 0 Å². The molecule has 0 unspecified atom stereocenters. The number of hydrogen-bond donors (Lipinski definition) is 1. The third kappa shape index (κ3) is 2.76. The third-order valence-corrected chi connectivity index (χ3v) is 3.51. The molecule has 0 spiro atoms. The Morgan fingerprint density at radius 3 is 2.57 bits per heavy atom. The minimum Gasteiger partial charge on any atom is -0.396 e. The van der Waals surface area contributed by atoms with E-state index in [-0.39, 0.29) is 5.91 Å². The molecule has 0 aliphatic carbocycles. The van der Waals surface area contributed by atoms with Gasteiger partial charge in [0.05, 0.1) is 23.6 Å². The summed E-state index contributed by atoms with van der Waals surface area (Å²) in [7, 11) is 0. The van der Waals surface area contributed by atoms with E-state index in [9.17, 15) is 4.79 Å². The number of nitrogen functional groups attached to an aromatic ring is 1. The average molecular weight is 284 g/mol. The smallest absolute Gasteiger partial charge is 0.255 e. The van der Waals surface area contributed by atoms with Crippen molar-refractivity contribution in [1.82, 2.24) is 20.1 Å². The second-order valence-electron chi connectivity index (χ2n) is 4.83. The molecule has 7 nitrogen and oxygen atoms in total. The lowest BCUT2D eigenvalue weighted by Gasteiger charge is -2.35. The van der Waals surface area contributed by atoms with Crippen molar-refractivity contribution < 1.29 is 4.79 Å². The van der Waals surface area contributed by atoms with Crippen LogP contribution in [0, 0.1) is 0 Å². The number of piperazine rings is 1. The van der Waals surface area contributed by atoms with Gasteiger partial charge in [0.15, 0.2) is 5.82 Å². The van der Waals surface area contributed by atoms with E-state index >= 15 is 0 Å². The first-order chi connectivity index (χ1) is 10.3. The predicted octanol–water partition coefficient (Wildman–Crippen LogP) is 0.416. The number of pyridine rings is 1. The monoisotopic (exact) mass is 284 g/mol. The van der Waals surface area contributed by atoms with E-state index in [0.29, 0.717) is 37.4 Å². The number of carbonyl (C=O) groups excluding carboxylic acids is 1. The molecule has 0 radical (unpaired) electrons. The largest absolute Gasteiger partial charge is 0.396 e. The maximum atomic E-state index is 12.3. The fraction of sp³-hybridized carbons (Fsp3) is 0.286. The first-order valence-electron chi connectivity index (χ1n) is 6.77. The minimum absolute atomic E-state index is 0.0152. The van der Waals surface area contributed by atoms with Crippen molar-refractivity contribution in [3.05, 3.63) is 42.4 Å². The van der Waals surface area contributed by atoms with Crippen LogP contribution in [0.3, 0.4) is 0 Å². The molecular weight excluding hydrogens is 268 g/mol. The van der Waals surface area contributed by atoms with E-state index in [1.54, 1.807) is 12.3 Å². The Labute approximate surface area is 122 Å². The number of nitrogens with zero attached hydrogens (tertiary/aromatic N) is 5. The van der Waals surface area contributed by atoms with Crippen molar-refractivity contribution in [2.45, 2.75) is 0 Å². The standard InChI is InChI=1S/C14H16N6O/c15-12-2-1-4-16-13(12)19-6-8-20(9-7-19)14(21)11-3-5-17-18-10-11/h1-5,10H,6-9,15H2. The van der Waals surface area contributed by atoms with Gasteiger partial charge in [-0.15, -0.1) is 0 Å². The van der Waals surface area contributed by atoms with Crippen LogP contribution in [-0.4, -0.2) is 52.2 Å². The Balaban J connectivity index is 1.66. The second kappa shape index (κ2) is 5.74. The summed E-state index contributed by atoms with van der Waals surface area (Å²) in [5.41, 5.74) is 7.17. The van der Waals surface area contributed by atoms with Crippen LogP contribution in [0.25, 0.3) is 0 Å². The quantitative estimate of drug-likeness (QED) is 0.859. The SMILES string of the molecule is Nc1cccnc1N1CCN(C(=O)c2ccnnc2)CC1. The van der Waals surface area contributed by atoms with Gasteiger partial charge in [-0.25, -0.2) is 4.98 Å². The van der Waals surface area contributed by atoms with Gasteiger partial charge in [-0.1, -0.05) is 0 Å². The van der Waals surface area contributed by atoms with Gasteiger partial charge in [-0.2, -0.15) is 10.2 Å². The summed E-state index contributed by atoms with van der Waals surface area (Å²) in [6.07, 6.45) is 4.75. The van der Waals surface area contributed by atoms with Crippen LogP contribution in [0.15, 0.2) is 36.8 Å². The Hall–Kier alpha value is -2.70. The highest BCUT2D eigenvalue weighted by atomic mass is 16.2. The molecule has 0 bridgehead atoms. The van der Waals surface area contributed by atoms with Crippen molar-refractivity contribution in [1.29, 1.82) is 0 Å². The molecule has 0 atom stereocenters. The topological polar surface area (TPSA) is 88.2 Å². The molecule has 1 fully saturated rings. The summed E-state index contributed by atoms with van der Waals surface area (Å²) in [6, 6.07) is 5.33. The lowest BCUT2D eigenvalue weighted by molar-refractivity contribution is 0.0746. The van der Waals surface area contributed by atoms with E-state index in [1.165, 1.54) is 12.4 Å². The molecule has 108 valence electrons. The second-order valence-corrected chi connectivity index (χ2v) is 4.83. The number of amides is 1. The fourth-order valence-corrected chi connectivity index (χ4v) is 2.39. The van der Waals surface area contributed by atoms with Gasteiger partial charge in [0.2, 0.25) is 0 Å². The minimum atomic E-state index is -0.0152. The number of aromatic nitrogens is 3. The molecule has 21 heavy (non-hydrogen) atoms. The molecule has 2 aromatic rings. The highest BCUT2D eigenvalue weighted by molar-refractivity contribution is 5.94. The van der Waals surface area contributed by atoms with Gasteiger partial charge in [0, 0.05) is 32.4 Å². The fourth-order valence-electron chi connectivity index (χ4n) is 2.39. The van der Waals surface area contributed by atoms with Crippen molar-refractivity contribution in [2.24, 2.45) is 0 Å². The van der Waals surface area contributed by atoms with Gasteiger partial charge < -0.3 is 15.5 Å². The molecule has 2 N–H and O–H groups in total. The van der Waals surface area contributed by atoms with Crippen LogP contribution in [-0.2, 0) is 0 Å². The summed E-state index contributed by atoms with van der Waals surface area (Å²) in [5, 5.41) is 7.42. The Bertz CT molecular complexity index is 624. The van der Waals surface area contributed by atoms with Gasteiger partial charge in [0.1, 0.15) is 0 Å². The molecule has 2 aromatic heterocycles. The summed E-state index contributed by atoms with van der Waals surface area (Å²) >= 11 is 0. The maximum Gasteiger partial charge on any atom is 0.255 e. The summed E-state index contributed by atoms with van der Waals surface area (Å²) < 4.78 is 0.